The minimum atomic E-state index is -0.434. The summed E-state index contributed by atoms with van der Waals surface area (Å²) in [6.07, 6.45) is 0.873. The van der Waals surface area contributed by atoms with E-state index in [1.807, 2.05) is 30.3 Å². The zero-order valence-electron chi connectivity index (χ0n) is 17.6. The average molecular weight is 438 g/mol. The summed E-state index contributed by atoms with van der Waals surface area (Å²) < 4.78 is 5.21. The van der Waals surface area contributed by atoms with Crippen LogP contribution in [0, 0.1) is 5.92 Å². The van der Waals surface area contributed by atoms with Gasteiger partial charge >= 0.3 is 6.03 Å². The topological polar surface area (TPSA) is 110 Å². The van der Waals surface area contributed by atoms with Gasteiger partial charge < -0.3 is 14.6 Å². The lowest BCUT2D eigenvalue weighted by atomic mass is 9.99. The van der Waals surface area contributed by atoms with Crippen molar-refractivity contribution in [2.24, 2.45) is 5.92 Å². The molecule has 5 rings (SSSR count). The number of carbonyl (C=O) groups is 3. The summed E-state index contributed by atoms with van der Waals surface area (Å²) in [5.41, 5.74) is 0.908. The van der Waals surface area contributed by atoms with Crippen LogP contribution >= 0.6 is 0 Å². The number of imide groups is 1. The number of urea groups is 1. The highest BCUT2D eigenvalue weighted by molar-refractivity contribution is 5.98. The molecule has 0 bridgehead atoms. The molecule has 0 aliphatic carbocycles. The van der Waals surface area contributed by atoms with Crippen LogP contribution < -0.4 is 16.0 Å². The molecule has 3 atom stereocenters. The predicted octanol–water partition coefficient (Wildman–Crippen LogP) is 0.208. The Kier molecular flexibility index (Phi) is 5.64. The Balaban J connectivity index is 1.17. The molecule has 3 saturated heterocycles. The predicted molar refractivity (Wildman–Crippen MR) is 114 cm³/mol. The number of hydrogen-bond acceptors (Lipinski definition) is 7. The van der Waals surface area contributed by atoms with E-state index in [9.17, 15) is 14.4 Å². The van der Waals surface area contributed by atoms with Gasteiger partial charge in [0.2, 0.25) is 5.91 Å². The Morgan fingerprint density at radius 2 is 1.81 bits per heavy atom. The van der Waals surface area contributed by atoms with Crippen molar-refractivity contribution in [1.82, 2.24) is 30.7 Å². The van der Waals surface area contributed by atoms with Crippen molar-refractivity contribution in [1.29, 1.82) is 0 Å². The second kappa shape index (κ2) is 8.73. The van der Waals surface area contributed by atoms with Crippen LogP contribution in [0.15, 0.2) is 53.1 Å². The molecule has 4 heterocycles. The first-order chi connectivity index (χ1) is 15.6. The van der Waals surface area contributed by atoms with Gasteiger partial charge in [0.05, 0.1) is 24.9 Å². The van der Waals surface area contributed by atoms with Gasteiger partial charge in [0, 0.05) is 32.7 Å². The number of rotatable bonds is 4. The summed E-state index contributed by atoms with van der Waals surface area (Å²) >= 11 is 0. The fourth-order valence-electron chi connectivity index (χ4n) is 4.47. The third-order valence-electron chi connectivity index (χ3n) is 6.26. The number of hydrogen-bond donors (Lipinski definition) is 3. The van der Waals surface area contributed by atoms with Crippen molar-refractivity contribution in [3.05, 3.63) is 60.1 Å². The highest BCUT2D eigenvalue weighted by Crippen LogP contribution is 2.20. The maximum Gasteiger partial charge on any atom is 0.325 e. The van der Waals surface area contributed by atoms with E-state index in [1.165, 1.54) is 11.2 Å². The minimum Gasteiger partial charge on any atom is -0.459 e. The monoisotopic (exact) mass is 438 g/mol. The van der Waals surface area contributed by atoms with E-state index in [1.54, 1.807) is 17.0 Å². The third kappa shape index (κ3) is 3.99. The van der Waals surface area contributed by atoms with Gasteiger partial charge in [-0.25, -0.2) is 4.79 Å². The molecule has 10 heteroatoms. The minimum absolute atomic E-state index is 0.108. The number of carbonyl (C=O) groups excluding carboxylic acids is 3. The molecular formula is C22H26N6O4. The molecular weight excluding hydrogens is 412 g/mol. The van der Waals surface area contributed by atoms with Crippen LogP contribution in [-0.4, -0.2) is 77.7 Å². The molecule has 10 nitrogen and oxygen atoms in total. The zero-order chi connectivity index (χ0) is 22.1. The van der Waals surface area contributed by atoms with E-state index < -0.39 is 6.17 Å². The molecule has 0 saturated carbocycles. The molecule has 0 radical (unpaired) electrons. The van der Waals surface area contributed by atoms with Crippen molar-refractivity contribution in [2.45, 2.75) is 19.0 Å². The second-order valence-electron chi connectivity index (χ2n) is 8.23. The molecule has 1 aromatic carbocycles. The van der Waals surface area contributed by atoms with Crippen molar-refractivity contribution in [2.75, 3.05) is 32.7 Å². The van der Waals surface area contributed by atoms with Crippen molar-refractivity contribution in [3.8, 4) is 0 Å². The molecule has 2 aromatic rings. The molecule has 168 valence electrons. The van der Waals surface area contributed by atoms with Crippen molar-refractivity contribution in [3.63, 3.8) is 0 Å². The smallest absolute Gasteiger partial charge is 0.325 e. The van der Waals surface area contributed by atoms with Crippen molar-refractivity contribution < 1.29 is 18.8 Å². The summed E-state index contributed by atoms with van der Waals surface area (Å²) in [5, 5.41) is 9.68. The zero-order valence-corrected chi connectivity index (χ0v) is 17.6. The number of benzene rings is 1. The summed E-state index contributed by atoms with van der Waals surface area (Å²) in [6, 6.07) is 12.5. The molecule has 3 fully saturated rings. The highest BCUT2D eigenvalue weighted by atomic mass is 16.3. The van der Waals surface area contributed by atoms with Crippen molar-refractivity contribution >= 4 is 17.8 Å². The molecule has 3 N–H and O–H groups in total. The van der Waals surface area contributed by atoms with Gasteiger partial charge in [-0.15, -0.1) is 0 Å². The van der Waals surface area contributed by atoms with Gasteiger partial charge in [0.15, 0.2) is 5.76 Å². The van der Waals surface area contributed by atoms with E-state index in [0.29, 0.717) is 38.5 Å². The first kappa shape index (κ1) is 20.7. The van der Waals surface area contributed by atoms with Gasteiger partial charge in [-0.2, -0.15) is 0 Å². The average Bonchev–Trinajstić information content (AvgIpc) is 3.37. The Labute approximate surface area is 185 Å². The lowest BCUT2D eigenvalue weighted by Crippen LogP contribution is -2.75. The molecule has 3 unspecified atom stereocenters. The van der Waals surface area contributed by atoms with Gasteiger partial charge in [-0.05, 0) is 17.7 Å². The maximum atomic E-state index is 13.0. The van der Waals surface area contributed by atoms with E-state index in [4.69, 9.17) is 4.42 Å². The van der Waals surface area contributed by atoms with Crippen LogP contribution in [0.1, 0.15) is 16.1 Å². The number of piperazine rings is 1. The Bertz CT molecular complexity index is 974. The van der Waals surface area contributed by atoms with Gasteiger partial charge in [-0.3, -0.25) is 30.0 Å². The Morgan fingerprint density at radius 3 is 2.53 bits per heavy atom. The van der Waals surface area contributed by atoms with Gasteiger partial charge in [-0.1, -0.05) is 30.3 Å². The molecule has 4 amide bonds. The van der Waals surface area contributed by atoms with Gasteiger partial charge in [0.1, 0.15) is 6.29 Å². The summed E-state index contributed by atoms with van der Waals surface area (Å²) in [6.45, 7) is 3.18. The fraction of sp³-hybridized carbons (Fsp3) is 0.409. The summed E-state index contributed by atoms with van der Waals surface area (Å²) in [5.74, 6) is -0.328. The Hall–Kier alpha value is -3.21. The number of nitrogens with zero attached hydrogens (tertiary/aromatic N) is 3. The van der Waals surface area contributed by atoms with Crippen LogP contribution in [0.5, 0.6) is 0 Å². The summed E-state index contributed by atoms with van der Waals surface area (Å²) in [4.78, 5) is 43.3. The molecule has 1 aromatic heterocycles. The normalized spacial score (nSPS) is 26.6. The van der Waals surface area contributed by atoms with E-state index in [2.05, 4.69) is 20.9 Å². The standard InChI is InChI=1S/C22H26N6O4/c29-19-16-13-23-21(27-10-8-26(9-11-27)20(30)17-7-4-12-32-17)24-18(16)25-22(31)28(19)14-15-5-2-1-3-6-15/h1-7,12,16,18,21,23-24H,8-11,13-14H2,(H,25,31). The fourth-order valence-corrected chi connectivity index (χ4v) is 4.47. The number of amides is 4. The third-order valence-corrected chi connectivity index (χ3v) is 6.26. The number of fused-ring (bicyclic) bond motifs is 1. The van der Waals surface area contributed by atoms with Crippen LogP contribution in [0.2, 0.25) is 0 Å². The van der Waals surface area contributed by atoms with E-state index in [0.717, 1.165) is 5.56 Å². The van der Waals surface area contributed by atoms with Crippen LogP contribution in [0.3, 0.4) is 0 Å². The lowest BCUT2D eigenvalue weighted by molar-refractivity contribution is -0.138. The SMILES string of the molecule is O=C(c1ccco1)N1CCN(C2NCC3C(=O)N(Cc4ccccc4)C(=O)NC3N2)CC1. The molecule has 0 spiro atoms. The maximum absolute atomic E-state index is 13.0. The first-order valence-electron chi connectivity index (χ1n) is 10.8. The quantitative estimate of drug-likeness (QED) is 0.626. The molecule has 3 aliphatic rings. The number of furan rings is 1. The van der Waals surface area contributed by atoms with E-state index in [-0.39, 0.29) is 36.6 Å². The van der Waals surface area contributed by atoms with Crippen LogP contribution in [-0.2, 0) is 11.3 Å². The molecule has 32 heavy (non-hydrogen) atoms. The Morgan fingerprint density at radius 1 is 1.03 bits per heavy atom. The highest BCUT2D eigenvalue weighted by Gasteiger charge is 2.45. The first-order valence-corrected chi connectivity index (χ1v) is 10.8. The summed E-state index contributed by atoms with van der Waals surface area (Å²) in [7, 11) is 0. The van der Waals surface area contributed by atoms with E-state index >= 15 is 0 Å². The second-order valence-corrected chi connectivity index (χ2v) is 8.23. The molecule has 3 aliphatic heterocycles. The van der Waals surface area contributed by atoms with Crippen LogP contribution in [0.25, 0.3) is 0 Å². The largest absolute Gasteiger partial charge is 0.459 e. The number of nitrogens with one attached hydrogen (secondary N) is 3. The lowest BCUT2D eigenvalue weighted by Gasteiger charge is -2.47. The van der Waals surface area contributed by atoms with Crippen LogP contribution in [0.4, 0.5) is 4.79 Å². The van der Waals surface area contributed by atoms with Gasteiger partial charge in [0.25, 0.3) is 5.91 Å².